The average molecular weight is 666 g/mol. The number of likely N-dealkylation sites (tertiary alicyclic amines) is 1. The maximum atomic E-state index is 13.0. The van der Waals surface area contributed by atoms with E-state index >= 15 is 0 Å². The van der Waals surface area contributed by atoms with Crippen molar-refractivity contribution in [1.29, 1.82) is 0 Å². The minimum Gasteiger partial charge on any atom is -0.496 e. The average Bonchev–Trinajstić information content (AvgIpc) is 3.50. The Morgan fingerprint density at radius 2 is 1.77 bits per heavy atom. The Labute approximate surface area is 282 Å². The molecule has 0 spiro atoms. The highest BCUT2D eigenvalue weighted by Gasteiger charge is 2.42. The quantitative estimate of drug-likeness (QED) is 0.107. The third-order valence-electron chi connectivity index (χ3n) is 10.1. The van der Waals surface area contributed by atoms with Gasteiger partial charge >= 0.3 is 6.03 Å². The van der Waals surface area contributed by atoms with E-state index in [1.807, 2.05) is 41.8 Å². The van der Waals surface area contributed by atoms with Crippen molar-refractivity contribution < 1.29 is 14.3 Å². The maximum absolute atomic E-state index is 13.0. The molecule has 1 aliphatic carbocycles. The molecule has 47 heavy (non-hydrogen) atoms. The van der Waals surface area contributed by atoms with E-state index in [1.165, 1.54) is 25.7 Å². The lowest BCUT2D eigenvalue weighted by Crippen LogP contribution is -2.40. The maximum Gasteiger partial charge on any atom is 0.315 e. The van der Waals surface area contributed by atoms with Crippen molar-refractivity contribution in [2.75, 3.05) is 48.4 Å². The van der Waals surface area contributed by atoms with Crippen LogP contribution in [-0.2, 0) is 4.79 Å². The second-order valence-corrected chi connectivity index (χ2v) is 14.8. The van der Waals surface area contributed by atoms with E-state index in [-0.39, 0.29) is 24.0 Å². The molecule has 3 amide bonds. The Balaban J connectivity index is 0.977. The number of carbonyl (C=O) groups excluding carboxylic acids is 2. The molecule has 3 saturated heterocycles. The number of fused-ring (bicyclic) bond motifs is 1. The number of piperidine rings is 1. The number of nitrogens with one attached hydrogen (secondary N) is 5. The molecule has 1 aromatic heterocycles. The van der Waals surface area contributed by atoms with Crippen molar-refractivity contribution in [3.05, 3.63) is 23.8 Å². The van der Waals surface area contributed by atoms with Crippen molar-refractivity contribution in [1.82, 2.24) is 30.5 Å². The zero-order valence-corrected chi connectivity index (χ0v) is 28.7. The number of aryl methyl sites for hydroxylation is 1. The van der Waals surface area contributed by atoms with Gasteiger partial charge in [-0.05, 0) is 75.1 Å². The number of methoxy groups -OCH3 is 1. The molecule has 0 radical (unpaired) electrons. The minimum atomic E-state index is -0.0410. The summed E-state index contributed by atoms with van der Waals surface area (Å²) in [5.74, 6) is 4.18. The first-order valence-electron chi connectivity index (χ1n) is 17.6. The fraction of sp³-hybridized carbons (Fsp3) is 0.676. The van der Waals surface area contributed by atoms with Crippen LogP contribution >= 0.6 is 11.8 Å². The van der Waals surface area contributed by atoms with E-state index in [0.29, 0.717) is 41.5 Å². The summed E-state index contributed by atoms with van der Waals surface area (Å²) in [6.45, 7) is 4.35. The molecule has 6 rings (SSSR count). The Hall–Kier alpha value is -3.48. The number of benzene rings is 1. The van der Waals surface area contributed by atoms with Crippen LogP contribution in [0.2, 0.25) is 0 Å². The van der Waals surface area contributed by atoms with Crippen molar-refractivity contribution in [2.24, 2.45) is 5.92 Å². The summed E-state index contributed by atoms with van der Waals surface area (Å²) in [7, 11) is 1.68. The highest BCUT2D eigenvalue weighted by atomic mass is 32.2. The number of hydrogen-bond donors (Lipinski definition) is 5. The van der Waals surface area contributed by atoms with Gasteiger partial charge in [-0.2, -0.15) is 26.7 Å². The first kappa shape index (κ1) is 33.4. The van der Waals surface area contributed by atoms with Gasteiger partial charge in [-0.25, -0.2) is 4.79 Å². The monoisotopic (exact) mass is 665 g/mol. The van der Waals surface area contributed by atoms with E-state index < -0.39 is 0 Å². The Morgan fingerprint density at radius 1 is 1.00 bits per heavy atom. The minimum absolute atomic E-state index is 0.0410. The molecule has 4 aliphatic rings. The summed E-state index contributed by atoms with van der Waals surface area (Å²) in [5, 5.41) is 17.0. The van der Waals surface area contributed by atoms with E-state index in [9.17, 15) is 9.59 Å². The number of unbranched alkanes of at least 4 members (excludes halogenated alkanes) is 1. The summed E-state index contributed by atoms with van der Waals surface area (Å²) < 4.78 is 5.42. The number of urea groups is 1. The van der Waals surface area contributed by atoms with Crippen LogP contribution in [0.4, 0.5) is 28.3 Å². The molecule has 13 heteroatoms. The molecule has 4 fully saturated rings. The van der Waals surface area contributed by atoms with Gasteiger partial charge in [-0.3, -0.25) is 4.79 Å². The lowest BCUT2D eigenvalue weighted by Gasteiger charge is -2.32. The number of amides is 3. The van der Waals surface area contributed by atoms with Crippen LogP contribution in [-0.4, -0.2) is 87.7 Å². The first-order chi connectivity index (χ1) is 22.9. The van der Waals surface area contributed by atoms with Gasteiger partial charge in [0.25, 0.3) is 0 Å². The number of anilines is 4. The van der Waals surface area contributed by atoms with Gasteiger partial charge in [0.15, 0.2) is 0 Å². The van der Waals surface area contributed by atoms with Crippen LogP contribution in [0.5, 0.6) is 5.75 Å². The normalized spacial score (nSPS) is 23.4. The van der Waals surface area contributed by atoms with Gasteiger partial charge in [0.1, 0.15) is 5.75 Å². The standard InChI is InChI=1S/C34H51N9O3S/c1-22-19-25(13-14-27(22)46-2)37-33-41-31(40-32(42-33)36-24-9-5-3-4-6-10-24)35-20-23-15-17-43(18-16-23)29(44)12-8-7-11-28-30-26(21-47-28)38-34(45)39-30/h13-14,19,23-24,26,28,30H,3-12,15-18,20-21H2,1-2H3,(H2,38,39,45)(H3,35,36,37,40,41,42). The smallest absolute Gasteiger partial charge is 0.315 e. The number of rotatable bonds is 13. The molecule has 3 unspecified atom stereocenters. The van der Waals surface area contributed by atoms with Gasteiger partial charge in [-0.15, -0.1) is 0 Å². The second-order valence-electron chi connectivity index (χ2n) is 13.5. The molecule has 2 aromatic rings. The Morgan fingerprint density at radius 3 is 2.53 bits per heavy atom. The van der Waals surface area contributed by atoms with Crippen molar-refractivity contribution in [3.63, 3.8) is 0 Å². The van der Waals surface area contributed by atoms with Crippen molar-refractivity contribution in [2.45, 2.75) is 107 Å². The Kier molecular flexibility index (Phi) is 11.4. The molecule has 256 valence electrons. The molecule has 4 heterocycles. The number of ether oxygens (including phenoxy) is 1. The predicted molar refractivity (Wildman–Crippen MR) is 188 cm³/mol. The third kappa shape index (κ3) is 9.11. The van der Waals surface area contributed by atoms with Gasteiger partial charge in [0.05, 0.1) is 19.2 Å². The SMILES string of the molecule is COc1ccc(Nc2nc(NCC3CCN(C(=O)CCCCC4SCC5NC(=O)NC54)CC3)nc(NC3CCCCCC3)n2)cc1C. The van der Waals surface area contributed by atoms with Crippen LogP contribution in [0.15, 0.2) is 18.2 Å². The van der Waals surface area contributed by atoms with E-state index in [2.05, 4.69) is 26.6 Å². The fourth-order valence-corrected chi connectivity index (χ4v) is 8.86. The van der Waals surface area contributed by atoms with Crippen LogP contribution in [0, 0.1) is 12.8 Å². The molecule has 0 bridgehead atoms. The fourth-order valence-electron chi connectivity index (χ4n) is 7.31. The summed E-state index contributed by atoms with van der Waals surface area (Å²) in [6, 6.07) is 6.76. The second kappa shape index (κ2) is 16.1. The predicted octanol–water partition coefficient (Wildman–Crippen LogP) is 5.44. The third-order valence-corrected chi connectivity index (χ3v) is 11.6. The van der Waals surface area contributed by atoms with Crippen LogP contribution < -0.4 is 31.3 Å². The van der Waals surface area contributed by atoms with Gasteiger partial charge in [0.2, 0.25) is 23.8 Å². The van der Waals surface area contributed by atoms with Crippen molar-refractivity contribution >= 4 is 47.2 Å². The zero-order valence-electron chi connectivity index (χ0n) is 27.9. The van der Waals surface area contributed by atoms with Gasteiger partial charge < -0.3 is 36.2 Å². The first-order valence-corrected chi connectivity index (χ1v) is 18.6. The Bertz CT molecular complexity index is 1360. The molecule has 3 atom stereocenters. The number of nitrogens with zero attached hydrogens (tertiary/aromatic N) is 4. The lowest BCUT2D eigenvalue weighted by atomic mass is 9.96. The highest BCUT2D eigenvalue weighted by Crippen LogP contribution is 2.33. The van der Waals surface area contributed by atoms with E-state index in [4.69, 9.17) is 19.7 Å². The largest absolute Gasteiger partial charge is 0.496 e. The molecular weight excluding hydrogens is 615 g/mol. The van der Waals surface area contributed by atoms with Gasteiger partial charge in [-0.1, -0.05) is 32.1 Å². The van der Waals surface area contributed by atoms with Crippen LogP contribution in [0.1, 0.15) is 82.6 Å². The van der Waals surface area contributed by atoms with Crippen molar-refractivity contribution in [3.8, 4) is 5.75 Å². The number of carbonyl (C=O) groups is 2. The molecule has 3 aliphatic heterocycles. The summed E-state index contributed by atoms with van der Waals surface area (Å²) in [4.78, 5) is 40.9. The summed E-state index contributed by atoms with van der Waals surface area (Å²) in [6.07, 6.45) is 12.8. The van der Waals surface area contributed by atoms with Crippen LogP contribution in [0.3, 0.4) is 0 Å². The molecule has 12 nitrogen and oxygen atoms in total. The highest BCUT2D eigenvalue weighted by molar-refractivity contribution is 8.00. The van der Waals surface area contributed by atoms with Crippen LogP contribution in [0.25, 0.3) is 0 Å². The summed E-state index contributed by atoms with van der Waals surface area (Å²) in [5.41, 5.74) is 1.93. The number of thioether (sulfide) groups is 1. The topological polar surface area (TPSA) is 145 Å². The number of aromatic nitrogens is 3. The lowest BCUT2D eigenvalue weighted by molar-refractivity contribution is -0.132. The summed E-state index contributed by atoms with van der Waals surface area (Å²) >= 11 is 1.94. The molecule has 1 aromatic carbocycles. The molecular formula is C34H51N9O3S. The van der Waals surface area contributed by atoms with E-state index in [0.717, 1.165) is 87.3 Å². The zero-order chi connectivity index (χ0) is 32.6. The molecule has 1 saturated carbocycles. The van der Waals surface area contributed by atoms with E-state index in [1.54, 1.807) is 7.11 Å². The molecule has 5 N–H and O–H groups in total. The van der Waals surface area contributed by atoms with Gasteiger partial charge in [0, 0.05) is 48.8 Å². The number of hydrogen-bond acceptors (Lipinski definition) is 10.